The first-order valence-corrected chi connectivity index (χ1v) is 6.43. The molecule has 22 heavy (non-hydrogen) atoms. The Labute approximate surface area is 127 Å². The normalized spacial score (nSPS) is 10.2. The van der Waals surface area contributed by atoms with Crippen LogP contribution in [0.4, 0.5) is 5.95 Å². The van der Waals surface area contributed by atoms with E-state index in [0.717, 1.165) is 0 Å². The van der Waals surface area contributed by atoms with E-state index in [4.69, 9.17) is 9.47 Å². The van der Waals surface area contributed by atoms with Gasteiger partial charge in [-0.2, -0.15) is 0 Å². The lowest BCUT2D eigenvalue weighted by Gasteiger charge is -2.10. The lowest BCUT2D eigenvalue weighted by Crippen LogP contribution is -2.15. The second-order valence-corrected chi connectivity index (χ2v) is 4.42. The fraction of sp³-hybridized carbons (Fsp3) is 0.286. The van der Waals surface area contributed by atoms with Gasteiger partial charge in [-0.15, -0.1) is 0 Å². The number of rotatable bonds is 4. The summed E-state index contributed by atoms with van der Waals surface area (Å²) in [6.45, 7) is 3.36. The van der Waals surface area contributed by atoms with Gasteiger partial charge in [0.05, 0.1) is 36.7 Å². The van der Waals surface area contributed by atoms with Crippen molar-refractivity contribution < 1.29 is 19.1 Å². The summed E-state index contributed by atoms with van der Waals surface area (Å²) in [5.74, 6) is -0.900. The molecule has 0 saturated carbocycles. The molecule has 0 bridgehead atoms. The van der Waals surface area contributed by atoms with E-state index in [2.05, 4.69) is 15.4 Å². The van der Waals surface area contributed by atoms with Crippen LogP contribution in [0.3, 0.4) is 0 Å². The van der Waals surface area contributed by atoms with Crippen molar-refractivity contribution in [1.29, 1.82) is 0 Å². The van der Waals surface area contributed by atoms with Gasteiger partial charge in [-0.1, -0.05) is 0 Å². The molecular formula is C14H16N4O4. The Morgan fingerprint density at radius 3 is 1.86 bits per heavy atom. The van der Waals surface area contributed by atoms with Crippen molar-refractivity contribution in [2.24, 2.45) is 0 Å². The topological polar surface area (TPSA) is 95.3 Å². The van der Waals surface area contributed by atoms with Crippen LogP contribution < -0.4 is 5.43 Å². The molecular weight excluding hydrogens is 288 g/mol. The van der Waals surface area contributed by atoms with Gasteiger partial charge in [-0.05, 0) is 19.9 Å². The Morgan fingerprint density at radius 2 is 1.45 bits per heavy atom. The molecule has 0 spiro atoms. The molecule has 2 aromatic rings. The standard InChI is InChI=1S/C14H16N4O4/c1-8-10(12(19)21-3)11(13(20)22-4)9(2)18(8)17-14-15-6-5-7-16-14/h5-7H,1-4H3,(H,15,16,17). The highest BCUT2D eigenvalue weighted by atomic mass is 16.5. The zero-order chi connectivity index (χ0) is 16.3. The molecule has 0 atom stereocenters. The van der Waals surface area contributed by atoms with Crippen LogP contribution in [0.5, 0.6) is 0 Å². The van der Waals surface area contributed by atoms with Gasteiger partial charge in [-0.3, -0.25) is 10.1 Å². The zero-order valence-corrected chi connectivity index (χ0v) is 12.7. The summed E-state index contributed by atoms with van der Waals surface area (Å²) in [6, 6.07) is 1.68. The molecule has 116 valence electrons. The first-order chi connectivity index (χ1) is 10.5. The molecule has 0 aliphatic rings. The van der Waals surface area contributed by atoms with Gasteiger partial charge < -0.3 is 9.47 Å². The Morgan fingerprint density at radius 1 is 1.00 bits per heavy atom. The van der Waals surface area contributed by atoms with E-state index in [0.29, 0.717) is 17.3 Å². The van der Waals surface area contributed by atoms with E-state index in [1.54, 1.807) is 37.0 Å². The number of hydrogen-bond donors (Lipinski definition) is 1. The highest BCUT2D eigenvalue weighted by molar-refractivity contribution is 6.05. The van der Waals surface area contributed by atoms with Gasteiger partial charge in [-0.25, -0.2) is 19.6 Å². The number of hydrogen-bond acceptors (Lipinski definition) is 7. The number of methoxy groups -OCH3 is 2. The number of esters is 2. The molecule has 0 fully saturated rings. The number of carbonyl (C=O) groups is 2. The fourth-order valence-electron chi connectivity index (χ4n) is 2.17. The highest BCUT2D eigenvalue weighted by Crippen LogP contribution is 2.24. The summed E-state index contributed by atoms with van der Waals surface area (Å²) in [5.41, 5.74) is 4.23. The average Bonchev–Trinajstić information content (AvgIpc) is 2.79. The van der Waals surface area contributed by atoms with E-state index in [-0.39, 0.29) is 11.1 Å². The number of anilines is 1. The number of nitrogens with one attached hydrogen (secondary N) is 1. The molecule has 0 aliphatic heterocycles. The zero-order valence-electron chi connectivity index (χ0n) is 12.7. The number of ether oxygens (including phenoxy) is 2. The van der Waals surface area contributed by atoms with Gasteiger partial charge in [0.1, 0.15) is 0 Å². The Hall–Kier alpha value is -2.90. The summed E-state index contributed by atoms with van der Waals surface area (Å²) in [4.78, 5) is 32.1. The molecule has 0 radical (unpaired) electrons. The summed E-state index contributed by atoms with van der Waals surface area (Å²) < 4.78 is 11.1. The Balaban J connectivity index is 2.58. The lowest BCUT2D eigenvalue weighted by atomic mass is 10.1. The summed E-state index contributed by atoms with van der Waals surface area (Å²) in [7, 11) is 2.51. The third-order valence-corrected chi connectivity index (χ3v) is 3.20. The lowest BCUT2D eigenvalue weighted by molar-refractivity contribution is 0.0555. The minimum Gasteiger partial charge on any atom is -0.465 e. The second kappa shape index (κ2) is 6.25. The van der Waals surface area contributed by atoms with Crippen LogP contribution in [-0.2, 0) is 9.47 Å². The van der Waals surface area contributed by atoms with Gasteiger partial charge in [0.15, 0.2) is 0 Å². The molecule has 0 amide bonds. The van der Waals surface area contributed by atoms with Crippen LogP contribution in [0, 0.1) is 13.8 Å². The quantitative estimate of drug-likeness (QED) is 0.852. The first-order valence-electron chi connectivity index (χ1n) is 6.43. The van der Waals surface area contributed by atoms with Crippen LogP contribution in [0.1, 0.15) is 32.1 Å². The van der Waals surface area contributed by atoms with Crippen LogP contribution in [0.15, 0.2) is 18.5 Å². The van der Waals surface area contributed by atoms with E-state index < -0.39 is 11.9 Å². The third kappa shape index (κ3) is 2.62. The molecule has 0 aromatic carbocycles. The van der Waals surface area contributed by atoms with Gasteiger partial charge in [0, 0.05) is 12.4 Å². The largest absolute Gasteiger partial charge is 0.465 e. The van der Waals surface area contributed by atoms with Gasteiger partial charge in [0.25, 0.3) is 0 Å². The highest BCUT2D eigenvalue weighted by Gasteiger charge is 2.29. The van der Waals surface area contributed by atoms with Crippen molar-refractivity contribution in [3.63, 3.8) is 0 Å². The summed E-state index contributed by atoms with van der Waals surface area (Å²) >= 11 is 0. The predicted molar refractivity (Wildman–Crippen MR) is 77.6 cm³/mol. The van der Waals surface area contributed by atoms with Crippen molar-refractivity contribution in [1.82, 2.24) is 14.6 Å². The predicted octanol–water partition coefficient (Wildman–Crippen LogP) is 1.34. The fourth-order valence-corrected chi connectivity index (χ4v) is 2.17. The minimum absolute atomic E-state index is 0.148. The van der Waals surface area contributed by atoms with Crippen LogP contribution in [0.2, 0.25) is 0 Å². The third-order valence-electron chi connectivity index (χ3n) is 3.20. The Kier molecular flexibility index (Phi) is 4.40. The molecule has 0 saturated heterocycles. The van der Waals surface area contributed by atoms with Crippen molar-refractivity contribution in [3.05, 3.63) is 41.0 Å². The van der Waals surface area contributed by atoms with Gasteiger partial charge in [0.2, 0.25) is 5.95 Å². The van der Waals surface area contributed by atoms with Crippen molar-refractivity contribution >= 4 is 17.9 Å². The average molecular weight is 304 g/mol. The van der Waals surface area contributed by atoms with Crippen molar-refractivity contribution in [2.45, 2.75) is 13.8 Å². The van der Waals surface area contributed by atoms with Crippen LogP contribution in [-0.4, -0.2) is 40.8 Å². The second-order valence-electron chi connectivity index (χ2n) is 4.42. The maximum atomic E-state index is 12.0. The molecule has 0 unspecified atom stereocenters. The first kappa shape index (κ1) is 15.5. The monoisotopic (exact) mass is 304 g/mol. The number of aromatic nitrogens is 3. The molecule has 8 heteroatoms. The molecule has 1 N–H and O–H groups in total. The maximum Gasteiger partial charge on any atom is 0.340 e. The van der Waals surface area contributed by atoms with Crippen molar-refractivity contribution in [3.8, 4) is 0 Å². The minimum atomic E-state index is -0.615. The van der Waals surface area contributed by atoms with E-state index in [9.17, 15) is 9.59 Å². The summed E-state index contributed by atoms with van der Waals surface area (Å²) in [5, 5.41) is 0. The molecule has 2 rings (SSSR count). The van der Waals surface area contributed by atoms with Crippen molar-refractivity contribution in [2.75, 3.05) is 19.6 Å². The van der Waals surface area contributed by atoms with E-state index >= 15 is 0 Å². The molecule has 2 aromatic heterocycles. The van der Waals surface area contributed by atoms with E-state index in [1.807, 2.05) is 0 Å². The van der Waals surface area contributed by atoms with Crippen LogP contribution >= 0.6 is 0 Å². The number of carbonyl (C=O) groups excluding carboxylic acids is 2. The van der Waals surface area contributed by atoms with Gasteiger partial charge >= 0.3 is 11.9 Å². The molecule has 0 aliphatic carbocycles. The number of nitrogens with zero attached hydrogens (tertiary/aromatic N) is 3. The SMILES string of the molecule is COC(=O)c1c(C(=O)OC)c(C)n(Nc2ncccn2)c1C. The van der Waals surface area contributed by atoms with E-state index in [1.165, 1.54) is 14.2 Å². The van der Waals surface area contributed by atoms with Crippen LogP contribution in [0.25, 0.3) is 0 Å². The summed E-state index contributed by atoms with van der Waals surface area (Å²) in [6.07, 6.45) is 3.15. The maximum absolute atomic E-state index is 12.0. The Bertz CT molecular complexity index is 670. The molecule has 2 heterocycles. The molecule has 8 nitrogen and oxygen atoms in total. The smallest absolute Gasteiger partial charge is 0.340 e.